The lowest BCUT2D eigenvalue weighted by Gasteiger charge is -2.27. The molecule has 0 heterocycles. The summed E-state index contributed by atoms with van der Waals surface area (Å²) < 4.78 is 13.4. The molecule has 0 radical (unpaired) electrons. The van der Waals surface area contributed by atoms with Crippen LogP contribution in [-0.2, 0) is 11.3 Å². The number of nitrogens with one attached hydrogen (secondary N) is 2. The van der Waals surface area contributed by atoms with Crippen molar-refractivity contribution in [2.24, 2.45) is 5.92 Å². The Hall–Kier alpha value is -1.42. The van der Waals surface area contributed by atoms with E-state index in [1.807, 2.05) is 7.05 Å². The van der Waals surface area contributed by atoms with Crippen molar-refractivity contribution in [2.45, 2.75) is 38.3 Å². The third kappa shape index (κ3) is 3.77. The number of hydrogen-bond donors (Lipinski definition) is 2. The van der Waals surface area contributed by atoms with Crippen molar-refractivity contribution in [3.63, 3.8) is 0 Å². The van der Waals surface area contributed by atoms with E-state index >= 15 is 0 Å². The van der Waals surface area contributed by atoms with Crippen molar-refractivity contribution >= 4 is 5.91 Å². The summed E-state index contributed by atoms with van der Waals surface area (Å²) in [6.07, 6.45) is 3.89. The fraction of sp³-hybridized carbons (Fsp3) is 0.533. The Bertz CT molecular complexity index is 428. The molecule has 4 heteroatoms. The Kier molecular flexibility index (Phi) is 4.91. The molecule has 3 nitrogen and oxygen atoms in total. The van der Waals surface area contributed by atoms with Gasteiger partial charge in [-0.1, -0.05) is 18.2 Å². The van der Waals surface area contributed by atoms with Crippen molar-refractivity contribution in [3.8, 4) is 0 Å². The molecule has 0 saturated heterocycles. The summed E-state index contributed by atoms with van der Waals surface area (Å²) in [5.74, 6) is -0.129. The second-order valence-electron chi connectivity index (χ2n) is 5.15. The second-order valence-corrected chi connectivity index (χ2v) is 5.15. The first-order valence-electron chi connectivity index (χ1n) is 6.89. The van der Waals surface area contributed by atoms with E-state index in [1.165, 1.54) is 6.07 Å². The Balaban J connectivity index is 1.81. The zero-order chi connectivity index (χ0) is 13.7. The van der Waals surface area contributed by atoms with Gasteiger partial charge in [-0.15, -0.1) is 0 Å². The van der Waals surface area contributed by atoms with Gasteiger partial charge in [0, 0.05) is 24.1 Å². The molecule has 1 saturated carbocycles. The SMILES string of the molecule is CNC1CCC(C(=O)NCc2ccccc2F)CC1. The minimum absolute atomic E-state index is 0.0535. The lowest BCUT2D eigenvalue weighted by Crippen LogP contribution is -2.37. The van der Waals surface area contributed by atoms with Gasteiger partial charge in [-0.3, -0.25) is 4.79 Å². The van der Waals surface area contributed by atoms with Gasteiger partial charge >= 0.3 is 0 Å². The maximum atomic E-state index is 13.4. The molecule has 0 aromatic heterocycles. The van der Waals surface area contributed by atoms with Gasteiger partial charge in [0.25, 0.3) is 0 Å². The molecule has 0 atom stereocenters. The molecule has 0 spiro atoms. The van der Waals surface area contributed by atoms with Crippen LogP contribution < -0.4 is 10.6 Å². The monoisotopic (exact) mass is 264 g/mol. The zero-order valence-corrected chi connectivity index (χ0v) is 11.3. The van der Waals surface area contributed by atoms with Crippen molar-refractivity contribution in [1.29, 1.82) is 0 Å². The van der Waals surface area contributed by atoms with Crippen LogP contribution in [-0.4, -0.2) is 19.0 Å². The Morgan fingerprint density at radius 1 is 1.26 bits per heavy atom. The van der Waals surface area contributed by atoms with Crippen LogP contribution in [0.15, 0.2) is 24.3 Å². The highest BCUT2D eigenvalue weighted by atomic mass is 19.1. The lowest BCUT2D eigenvalue weighted by atomic mass is 9.85. The maximum absolute atomic E-state index is 13.4. The smallest absolute Gasteiger partial charge is 0.223 e. The number of benzene rings is 1. The standard InChI is InChI=1S/C15H21FN2O/c1-17-13-8-6-11(7-9-13)15(19)18-10-12-4-2-3-5-14(12)16/h2-5,11,13,17H,6-10H2,1H3,(H,18,19). The van der Waals surface area contributed by atoms with Crippen molar-refractivity contribution < 1.29 is 9.18 Å². The summed E-state index contributed by atoms with van der Waals surface area (Å²) in [5, 5.41) is 6.09. The summed E-state index contributed by atoms with van der Waals surface area (Å²) in [5.41, 5.74) is 0.541. The molecule has 1 amide bonds. The van der Waals surface area contributed by atoms with E-state index in [1.54, 1.807) is 18.2 Å². The van der Waals surface area contributed by atoms with Gasteiger partial charge in [0.1, 0.15) is 5.82 Å². The van der Waals surface area contributed by atoms with Crippen LogP contribution in [0.1, 0.15) is 31.2 Å². The highest BCUT2D eigenvalue weighted by molar-refractivity contribution is 5.78. The van der Waals surface area contributed by atoms with Gasteiger partial charge in [0.2, 0.25) is 5.91 Å². The van der Waals surface area contributed by atoms with Gasteiger partial charge in [0.05, 0.1) is 0 Å². The van der Waals surface area contributed by atoms with E-state index in [0.717, 1.165) is 25.7 Å². The summed E-state index contributed by atoms with van der Waals surface area (Å²) >= 11 is 0. The average molecular weight is 264 g/mol. The van der Waals surface area contributed by atoms with E-state index in [0.29, 0.717) is 11.6 Å². The van der Waals surface area contributed by atoms with Crippen molar-refractivity contribution in [1.82, 2.24) is 10.6 Å². The molecule has 2 rings (SSSR count). The topological polar surface area (TPSA) is 41.1 Å². The summed E-state index contributed by atoms with van der Waals surface area (Å²) in [6, 6.07) is 7.09. The Morgan fingerprint density at radius 2 is 1.95 bits per heavy atom. The van der Waals surface area contributed by atoms with Crippen molar-refractivity contribution in [3.05, 3.63) is 35.6 Å². The quantitative estimate of drug-likeness (QED) is 0.875. The van der Waals surface area contributed by atoms with Gasteiger partial charge < -0.3 is 10.6 Å². The number of amides is 1. The molecule has 0 bridgehead atoms. The second kappa shape index (κ2) is 6.66. The summed E-state index contributed by atoms with van der Waals surface area (Å²) in [4.78, 5) is 12.0. The molecule has 1 fully saturated rings. The van der Waals surface area contributed by atoms with E-state index in [2.05, 4.69) is 10.6 Å². The molecule has 1 aromatic rings. The van der Waals surface area contributed by atoms with Gasteiger partial charge in [-0.2, -0.15) is 0 Å². The third-order valence-electron chi connectivity index (χ3n) is 3.92. The first-order valence-corrected chi connectivity index (χ1v) is 6.89. The maximum Gasteiger partial charge on any atom is 0.223 e. The highest BCUT2D eigenvalue weighted by Gasteiger charge is 2.25. The van der Waals surface area contributed by atoms with Crippen LogP contribution in [0.5, 0.6) is 0 Å². The lowest BCUT2D eigenvalue weighted by molar-refractivity contribution is -0.126. The highest BCUT2D eigenvalue weighted by Crippen LogP contribution is 2.24. The zero-order valence-electron chi connectivity index (χ0n) is 11.3. The molecule has 19 heavy (non-hydrogen) atoms. The van der Waals surface area contributed by atoms with Crippen LogP contribution in [0.4, 0.5) is 4.39 Å². The first-order chi connectivity index (χ1) is 9.20. The van der Waals surface area contributed by atoms with Crippen LogP contribution in [0.25, 0.3) is 0 Å². The summed E-state index contributed by atoms with van der Waals surface area (Å²) in [6.45, 7) is 0.275. The molecular weight excluding hydrogens is 243 g/mol. The fourth-order valence-corrected chi connectivity index (χ4v) is 2.61. The minimum atomic E-state index is -0.262. The third-order valence-corrected chi connectivity index (χ3v) is 3.92. The van der Waals surface area contributed by atoms with Gasteiger partial charge in [-0.05, 0) is 38.8 Å². The van der Waals surface area contributed by atoms with Gasteiger partial charge in [-0.25, -0.2) is 4.39 Å². The van der Waals surface area contributed by atoms with Crippen LogP contribution in [0.3, 0.4) is 0 Å². The molecule has 0 unspecified atom stereocenters. The average Bonchev–Trinajstić information content (AvgIpc) is 2.46. The molecule has 1 aliphatic rings. The number of halogens is 1. The first kappa shape index (κ1) is 14.0. The minimum Gasteiger partial charge on any atom is -0.352 e. The Morgan fingerprint density at radius 3 is 2.58 bits per heavy atom. The number of rotatable bonds is 4. The van der Waals surface area contributed by atoms with Crippen LogP contribution in [0, 0.1) is 11.7 Å². The van der Waals surface area contributed by atoms with E-state index in [-0.39, 0.29) is 24.2 Å². The molecular formula is C15H21FN2O. The van der Waals surface area contributed by atoms with Gasteiger partial charge in [0.15, 0.2) is 0 Å². The number of carbonyl (C=O) groups excluding carboxylic acids is 1. The van der Waals surface area contributed by atoms with E-state index < -0.39 is 0 Å². The Labute approximate surface area is 113 Å². The summed E-state index contributed by atoms with van der Waals surface area (Å²) in [7, 11) is 1.96. The normalized spacial score (nSPS) is 23.1. The van der Waals surface area contributed by atoms with E-state index in [9.17, 15) is 9.18 Å². The molecule has 104 valence electrons. The number of hydrogen-bond acceptors (Lipinski definition) is 2. The molecule has 0 aliphatic heterocycles. The fourth-order valence-electron chi connectivity index (χ4n) is 2.61. The predicted octanol–water partition coefficient (Wildman–Crippen LogP) is 2.22. The van der Waals surface area contributed by atoms with Crippen molar-refractivity contribution in [2.75, 3.05) is 7.05 Å². The predicted molar refractivity (Wildman–Crippen MR) is 73.1 cm³/mol. The number of carbonyl (C=O) groups is 1. The molecule has 1 aliphatic carbocycles. The van der Waals surface area contributed by atoms with E-state index in [4.69, 9.17) is 0 Å². The van der Waals surface area contributed by atoms with Crippen LogP contribution in [0.2, 0.25) is 0 Å². The largest absolute Gasteiger partial charge is 0.352 e. The molecule has 1 aromatic carbocycles. The van der Waals surface area contributed by atoms with Crippen LogP contribution >= 0.6 is 0 Å². The molecule has 2 N–H and O–H groups in total.